The molecule has 1 fully saturated rings. The minimum absolute atomic E-state index is 0.0720. The van der Waals surface area contributed by atoms with Crippen LogP contribution in [-0.4, -0.2) is 59.9 Å². The molecule has 0 unspecified atom stereocenters. The van der Waals surface area contributed by atoms with E-state index in [-0.39, 0.29) is 23.9 Å². The lowest BCUT2D eigenvalue weighted by Gasteiger charge is -2.23. The Morgan fingerprint density at radius 3 is 2.23 bits per heavy atom. The lowest BCUT2D eigenvalue weighted by atomic mass is 10.1. The van der Waals surface area contributed by atoms with Gasteiger partial charge in [-0.3, -0.25) is 19.4 Å². The first-order chi connectivity index (χ1) is 14.5. The van der Waals surface area contributed by atoms with Crippen LogP contribution in [0.25, 0.3) is 0 Å². The van der Waals surface area contributed by atoms with Crippen LogP contribution in [0.3, 0.4) is 0 Å². The summed E-state index contributed by atoms with van der Waals surface area (Å²) < 4.78 is 0. The van der Waals surface area contributed by atoms with Crippen LogP contribution in [0.1, 0.15) is 90.9 Å². The van der Waals surface area contributed by atoms with Gasteiger partial charge in [0.2, 0.25) is 11.8 Å². The van der Waals surface area contributed by atoms with Gasteiger partial charge in [-0.15, -0.1) is 0 Å². The summed E-state index contributed by atoms with van der Waals surface area (Å²) in [6, 6.07) is -0.592. The summed E-state index contributed by atoms with van der Waals surface area (Å²) in [6.07, 6.45) is 10.7. The number of amides is 6. The molecule has 0 aromatic carbocycles. The van der Waals surface area contributed by atoms with Crippen LogP contribution in [0.2, 0.25) is 0 Å². The fourth-order valence-corrected chi connectivity index (χ4v) is 3.48. The molecule has 1 heterocycles. The van der Waals surface area contributed by atoms with Gasteiger partial charge in [0, 0.05) is 39.5 Å². The number of hydrogen-bond donors (Lipinski definition) is 2. The van der Waals surface area contributed by atoms with Crippen LogP contribution in [0.5, 0.6) is 0 Å². The first-order valence-electron chi connectivity index (χ1n) is 11.6. The molecular formula is C22H40N4O4. The molecule has 0 aliphatic carbocycles. The Hall–Kier alpha value is -2.12. The Morgan fingerprint density at radius 1 is 0.900 bits per heavy atom. The monoisotopic (exact) mass is 424 g/mol. The van der Waals surface area contributed by atoms with Gasteiger partial charge in [-0.1, -0.05) is 45.4 Å². The van der Waals surface area contributed by atoms with E-state index < -0.39 is 0 Å². The summed E-state index contributed by atoms with van der Waals surface area (Å²) in [5.74, 6) is -0.296. The Morgan fingerprint density at radius 2 is 1.57 bits per heavy atom. The molecule has 2 N–H and O–H groups in total. The Balaban J connectivity index is 2.11. The molecule has 8 nitrogen and oxygen atoms in total. The highest BCUT2D eigenvalue weighted by Crippen LogP contribution is 2.11. The number of hydrogen-bond acceptors (Lipinski definition) is 4. The maximum Gasteiger partial charge on any atom is 0.324 e. The molecule has 0 aromatic heterocycles. The Labute approximate surface area is 181 Å². The number of likely N-dealkylation sites (tertiary alicyclic amines) is 1. The summed E-state index contributed by atoms with van der Waals surface area (Å²) in [6.45, 7) is 5.56. The van der Waals surface area contributed by atoms with Gasteiger partial charge in [-0.25, -0.2) is 9.59 Å². The van der Waals surface area contributed by atoms with Gasteiger partial charge in [0.05, 0.1) is 0 Å². The first kappa shape index (κ1) is 25.9. The van der Waals surface area contributed by atoms with E-state index in [9.17, 15) is 19.2 Å². The third kappa shape index (κ3) is 10.6. The molecule has 1 aliphatic heterocycles. The molecule has 0 aromatic rings. The van der Waals surface area contributed by atoms with Gasteiger partial charge in [0.1, 0.15) is 0 Å². The summed E-state index contributed by atoms with van der Waals surface area (Å²) in [4.78, 5) is 50.6. The zero-order chi connectivity index (χ0) is 22.2. The van der Waals surface area contributed by atoms with Crippen LogP contribution in [0.15, 0.2) is 0 Å². The second-order valence-electron chi connectivity index (χ2n) is 7.97. The van der Waals surface area contributed by atoms with Gasteiger partial charge >= 0.3 is 12.1 Å². The standard InChI is InChI=1S/C22H40N4O4/c1-3-4-12-17-25(19(2)27)21(29)23-15-10-6-7-11-16-24-22(30)26-18-13-8-5-9-14-20(26)28/h3-18H2,1-2H3,(H,23,29)(H,24,30). The molecule has 0 bridgehead atoms. The van der Waals surface area contributed by atoms with E-state index in [0.29, 0.717) is 32.6 Å². The highest BCUT2D eigenvalue weighted by molar-refractivity contribution is 5.94. The first-order valence-corrected chi connectivity index (χ1v) is 11.6. The molecule has 0 radical (unpaired) electrons. The van der Waals surface area contributed by atoms with Crippen molar-refractivity contribution in [3.63, 3.8) is 0 Å². The van der Waals surface area contributed by atoms with Crippen LogP contribution in [-0.2, 0) is 9.59 Å². The van der Waals surface area contributed by atoms with E-state index >= 15 is 0 Å². The highest BCUT2D eigenvalue weighted by atomic mass is 16.2. The number of unbranched alkanes of at least 4 members (excludes halogenated alkanes) is 5. The third-order valence-electron chi connectivity index (χ3n) is 5.34. The molecule has 0 spiro atoms. The van der Waals surface area contributed by atoms with E-state index in [2.05, 4.69) is 17.6 Å². The number of nitrogens with one attached hydrogen (secondary N) is 2. The van der Waals surface area contributed by atoms with Crippen molar-refractivity contribution in [2.45, 2.75) is 90.9 Å². The average molecular weight is 425 g/mol. The fraction of sp³-hybridized carbons (Fsp3) is 0.818. The molecule has 0 atom stereocenters. The molecule has 1 saturated heterocycles. The van der Waals surface area contributed by atoms with E-state index in [4.69, 9.17) is 0 Å². The predicted molar refractivity (Wildman–Crippen MR) is 117 cm³/mol. The average Bonchev–Trinajstić information content (AvgIpc) is 2.69. The minimum Gasteiger partial charge on any atom is -0.338 e. The third-order valence-corrected chi connectivity index (χ3v) is 5.34. The predicted octanol–water partition coefficient (Wildman–Crippen LogP) is 3.80. The summed E-state index contributed by atoms with van der Waals surface area (Å²) in [7, 11) is 0. The molecule has 1 rings (SSSR count). The highest BCUT2D eigenvalue weighted by Gasteiger charge is 2.21. The smallest absolute Gasteiger partial charge is 0.324 e. The number of carbonyl (C=O) groups excluding carboxylic acids is 4. The second kappa shape index (κ2) is 15.7. The maximum atomic E-state index is 12.2. The van der Waals surface area contributed by atoms with Gasteiger partial charge in [0.15, 0.2) is 0 Å². The van der Waals surface area contributed by atoms with E-state index in [1.54, 1.807) is 0 Å². The molecule has 30 heavy (non-hydrogen) atoms. The molecular weight excluding hydrogens is 384 g/mol. The van der Waals surface area contributed by atoms with Crippen LogP contribution < -0.4 is 10.6 Å². The lowest BCUT2D eigenvalue weighted by molar-refractivity contribution is -0.129. The number of imide groups is 2. The van der Waals surface area contributed by atoms with E-state index in [1.165, 1.54) is 16.7 Å². The van der Waals surface area contributed by atoms with E-state index in [1.807, 2.05) is 0 Å². The number of nitrogens with zero attached hydrogens (tertiary/aromatic N) is 2. The summed E-state index contributed by atoms with van der Waals surface area (Å²) in [5, 5.41) is 5.66. The van der Waals surface area contributed by atoms with Crippen LogP contribution >= 0.6 is 0 Å². The van der Waals surface area contributed by atoms with Gasteiger partial charge in [-0.2, -0.15) is 0 Å². The lowest BCUT2D eigenvalue weighted by Crippen LogP contribution is -2.45. The maximum absolute atomic E-state index is 12.2. The molecule has 0 saturated carbocycles. The quantitative estimate of drug-likeness (QED) is 0.493. The van der Waals surface area contributed by atoms with Crippen molar-refractivity contribution in [2.75, 3.05) is 26.2 Å². The van der Waals surface area contributed by atoms with Gasteiger partial charge in [-0.05, 0) is 32.1 Å². The Kier molecular flexibility index (Phi) is 13.5. The number of rotatable bonds is 11. The van der Waals surface area contributed by atoms with Crippen molar-refractivity contribution in [3.05, 3.63) is 0 Å². The molecule has 6 amide bonds. The van der Waals surface area contributed by atoms with Gasteiger partial charge < -0.3 is 10.6 Å². The largest absolute Gasteiger partial charge is 0.338 e. The van der Waals surface area contributed by atoms with Crippen molar-refractivity contribution in [2.24, 2.45) is 0 Å². The van der Waals surface area contributed by atoms with Crippen LogP contribution in [0, 0.1) is 0 Å². The van der Waals surface area contributed by atoms with Crippen LogP contribution in [0.4, 0.5) is 9.59 Å². The second-order valence-corrected chi connectivity index (χ2v) is 7.97. The summed E-state index contributed by atoms with van der Waals surface area (Å²) in [5.41, 5.74) is 0. The Bertz CT molecular complexity index is 553. The van der Waals surface area contributed by atoms with Crippen molar-refractivity contribution >= 4 is 23.9 Å². The molecule has 172 valence electrons. The van der Waals surface area contributed by atoms with Crippen molar-refractivity contribution < 1.29 is 19.2 Å². The topological polar surface area (TPSA) is 98.8 Å². The molecule has 1 aliphatic rings. The number of carbonyl (C=O) groups is 4. The minimum atomic E-state index is -0.316. The molecule has 8 heteroatoms. The SMILES string of the molecule is CCCCCN(C(C)=O)C(=O)NCCCCCCNC(=O)N1CCCCCCC1=O. The van der Waals surface area contributed by atoms with Crippen molar-refractivity contribution in [1.82, 2.24) is 20.4 Å². The van der Waals surface area contributed by atoms with Crippen molar-refractivity contribution in [3.8, 4) is 0 Å². The summed E-state index contributed by atoms with van der Waals surface area (Å²) >= 11 is 0. The zero-order valence-electron chi connectivity index (χ0n) is 18.8. The van der Waals surface area contributed by atoms with Crippen molar-refractivity contribution in [1.29, 1.82) is 0 Å². The zero-order valence-corrected chi connectivity index (χ0v) is 18.8. The normalized spacial score (nSPS) is 14.6. The number of urea groups is 2. The van der Waals surface area contributed by atoms with E-state index in [0.717, 1.165) is 70.6 Å². The van der Waals surface area contributed by atoms with Gasteiger partial charge in [0.25, 0.3) is 0 Å². The fourth-order valence-electron chi connectivity index (χ4n) is 3.48.